The molecule has 0 atom stereocenters. The van der Waals surface area contributed by atoms with Crippen LogP contribution < -0.4 is 10.2 Å². The number of hydrogen-bond acceptors (Lipinski definition) is 3. The summed E-state index contributed by atoms with van der Waals surface area (Å²) in [5.41, 5.74) is 4.63. The van der Waals surface area contributed by atoms with Gasteiger partial charge in [-0.3, -0.25) is 4.57 Å². The number of halogens is 2. The first-order valence-corrected chi connectivity index (χ1v) is 7.40. The lowest BCUT2D eigenvalue weighted by Crippen LogP contribution is -2.43. The van der Waals surface area contributed by atoms with Crippen LogP contribution >= 0.6 is 24.8 Å². The molecule has 0 spiro atoms. The number of benzene rings is 2. The van der Waals surface area contributed by atoms with Crippen LogP contribution in [0, 0.1) is 0 Å². The summed E-state index contributed by atoms with van der Waals surface area (Å²) >= 11 is 0. The number of piperazine rings is 1. The van der Waals surface area contributed by atoms with Crippen molar-refractivity contribution in [2.24, 2.45) is 0 Å². The van der Waals surface area contributed by atoms with Crippen molar-refractivity contribution in [3.8, 4) is 5.69 Å². The molecule has 0 saturated carbocycles. The van der Waals surface area contributed by atoms with Gasteiger partial charge in [-0.25, -0.2) is 4.98 Å². The van der Waals surface area contributed by atoms with E-state index in [0.29, 0.717) is 0 Å². The van der Waals surface area contributed by atoms with Gasteiger partial charge in [0, 0.05) is 37.6 Å². The van der Waals surface area contributed by atoms with E-state index in [2.05, 4.69) is 56.2 Å². The Morgan fingerprint density at radius 2 is 1.48 bits per heavy atom. The van der Waals surface area contributed by atoms with E-state index in [9.17, 15) is 0 Å². The molecule has 0 bridgehead atoms. The fraction of sp³-hybridized carbons (Fsp3) is 0.235. The Hall–Kier alpha value is -1.75. The number of fused-ring (bicyclic) bond motifs is 1. The first-order chi connectivity index (χ1) is 10.4. The minimum absolute atomic E-state index is 0. The second-order valence-electron chi connectivity index (χ2n) is 5.36. The number of hydrogen-bond donors (Lipinski definition) is 1. The number of aromatic nitrogens is 2. The first-order valence-electron chi connectivity index (χ1n) is 7.40. The molecule has 2 aromatic carbocycles. The highest BCUT2D eigenvalue weighted by atomic mass is 35.5. The molecule has 23 heavy (non-hydrogen) atoms. The second kappa shape index (κ2) is 7.68. The monoisotopic (exact) mass is 350 g/mol. The van der Waals surface area contributed by atoms with Crippen LogP contribution in [0.4, 0.5) is 5.69 Å². The van der Waals surface area contributed by atoms with Gasteiger partial charge < -0.3 is 10.2 Å². The first kappa shape index (κ1) is 17.6. The van der Waals surface area contributed by atoms with Crippen molar-refractivity contribution in [2.75, 3.05) is 31.1 Å². The van der Waals surface area contributed by atoms with E-state index in [0.717, 1.165) is 42.9 Å². The third-order valence-corrected chi connectivity index (χ3v) is 4.06. The van der Waals surface area contributed by atoms with E-state index in [1.54, 1.807) is 0 Å². The second-order valence-corrected chi connectivity index (χ2v) is 5.36. The normalized spacial score (nSPS) is 14.2. The molecule has 1 aliphatic rings. The summed E-state index contributed by atoms with van der Waals surface area (Å²) in [4.78, 5) is 6.87. The SMILES string of the molecule is Cl.Cl.c1ccc2c(c1)ncn2-c1ccc(N2CCNCC2)cc1. The molecular weight excluding hydrogens is 331 g/mol. The minimum atomic E-state index is 0. The van der Waals surface area contributed by atoms with Crippen LogP contribution in [0.5, 0.6) is 0 Å². The van der Waals surface area contributed by atoms with Crippen LogP contribution in [-0.2, 0) is 0 Å². The molecule has 2 heterocycles. The van der Waals surface area contributed by atoms with Crippen molar-refractivity contribution in [3.05, 3.63) is 54.9 Å². The minimum Gasteiger partial charge on any atom is -0.369 e. The maximum atomic E-state index is 4.45. The number of anilines is 1. The molecule has 3 aromatic rings. The van der Waals surface area contributed by atoms with Crippen molar-refractivity contribution in [2.45, 2.75) is 0 Å². The summed E-state index contributed by atoms with van der Waals surface area (Å²) in [5.74, 6) is 0. The Morgan fingerprint density at radius 3 is 2.22 bits per heavy atom. The maximum Gasteiger partial charge on any atom is 0.100 e. The van der Waals surface area contributed by atoms with Gasteiger partial charge in [0.2, 0.25) is 0 Å². The van der Waals surface area contributed by atoms with Crippen LogP contribution in [0.15, 0.2) is 54.9 Å². The molecule has 4 rings (SSSR count). The molecule has 1 N–H and O–H groups in total. The molecule has 4 nitrogen and oxygen atoms in total. The number of rotatable bonds is 2. The molecule has 0 radical (unpaired) electrons. The van der Waals surface area contributed by atoms with Gasteiger partial charge in [-0.2, -0.15) is 0 Å². The maximum absolute atomic E-state index is 4.45. The molecule has 0 unspecified atom stereocenters. The predicted octanol–water partition coefficient (Wildman–Crippen LogP) is 3.28. The topological polar surface area (TPSA) is 33.1 Å². The van der Waals surface area contributed by atoms with Crippen molar-refractivity contribution in [1.29, 1.82) is 0 Å². The van der Waals surface area contributed by atoms with Crippen molar-refractivity contribution in [1.82, 2.24) is 14.9 Å². The molecule has 1 aromatic heterocycles. The molecular formula is C17H20Cl2N4. The molecule has 0 aliphatic carbocycles. The molecule has 0 amide bonds. The average Bonchev–Trinajstić information content (AvgIpc) is 3.00. The summed E-state index contributed by atoms with van der Waals surface area (Å²) < 4.78 is 2.14. The van der Waals surface area contributed by atoms with Crippen molar-refractivity contribution >= 4 is 41.5 Å². The van der Waals surface area contributed by atoms with Crippen LogP contribution in [0.25, 0.3) is 16.7 Å². The average molecular weight is 351 g/mol. The number of nitrogens with zero attached hydrogens (tertiary/aromatic N) is 3. The highest BCUT2D eigenvalue weighted by Gasteiger charge is 2.10. The fourth-order valence-electron chi connectivity index (χ4n) is 2.91. The number of para-hydroxylation sites is 2. The lowest BCUT2D eigenvalue weighted by atomic mass is 10.2. The third-order valence-electron chi connectivity index (χ3n) is 4.06. The van der Waals surface area contributed by atoms with E-state index in [-0.39, 0.29) is 24.8 Å². The zero-order chi connectivity index (χ0) is 14.1. The Morgan fingerprint density at radius 1 is 0.826 bits per heavy atom. The van der Waals surface area contributed by atoms with Gasteiger partial charge >= 0.3 is 0 Å². The Bertz CT molecular complexity index is 749. The summed E-state index contributed by atoms with van der Waals surface area (Å²) in [6.07, 6.45) is 1.89. The van der Waals surface area contributed by atoms with E-state index < -0.39 is 0 Å². The zero-order valence-corrected chi connectivity index (χ0v) is 14.3. The molecule has 122 valence electrons. The highest BCUT2D eigenvalue weighted by Crippen LogP contribution is 2.21. The summed E-state index contributed by atoms with van der Waals surface area (Å²) in [7, 11) is 0. The summed E-state index contributed by atoms with van der Waals surface area (Å²) in [6.45, 7) is 4.28. The Labute approximate surface area is 148 Å². The molecule has 1 aliphatic heterocycles. The quantitative estimate of drug-likeness (QED) is 0.769. The molecule has 1 saturated heterocycles. The van der Waals surface area contributed by atoms with E-state index in [4.69, 9.17) is 0 Å². The smallest absolute Gasteiger partial charge is 0.100 e. The van der Waals surface area contributed by atoms with Gasteiger partial charge in [-0.15, -0.1) is 24.8 Å². The van der Waals surface area contributed by atoms with Gasteiger partial charge in [0.15, 0.2) is 0 Å². The lowest BCUT2D eigenvalue weighted by molar-refractivity contribution is 0.589. The largest absolute Gasteiger partial charge is 0.369 e. The van der Waals surface area contributed by atoms with Crippen molar-refractivity contribution in [3.63, 3.8) is 0 Å². The Kier molecular flexibility index (Phi) is 5.88. The van der Waals surface area contributed by atoms with Gasteiger partial charge in [-0.05, 0) is 36.4 Å². The lowest BCUT2D eigenvalue weighted by Gasteiger charge is -2.29. The van der Waals surface area contributed by atoms with Crippen LogP contribution in [-0.4, -0.2) is 35.7 Å². The van der Waals surface area contributed by atoms with Gasteiger partial charge in [0.05, 0.1) is 11.0 Å². The van der Waals surface area contributed by atoms with Gasteiger partial charge in [0.1, 0.15) is 6.33 Å². The fourth-order valence-corrected chi connectivity index (χ4v) is 2.91. The predicted molar refractivity (Wildman–Crippen MR) is 101 cm³/mol. The summed E-state index contributed by atoms with van der Waals surface area (Å²) in [6, 6.07) is 17.0. The third kappa shape index (κ3) is 3.44. The Balaban J connectivity index is 0.000000960. The van der Waals surface area contributed by atoms with Crippen molar-refractivity contribution < 1.29 is 0 Å². The number of imidazole rings is 1. The van der Waals surface area contributed by atoms with E-state index in [1.165, 1.54) is 5.69 Å². The van der Waals surface area contributed by atoms with Gasteiger partial charge in [0.25, 0.3) is 0 Å². The van der Waals surface area contributed by atoms with E-state index >= 15 is 0 Å². The summed E-state index contributed by atoms with van der Waals surface area (Å²) in [5, 5.41) is 3.38. The van der Waals surface area contributed by atoms with Crippen LogP contribution in [0.2, 0.25) is 0 Å². The zero-order valence-electron chi connectivity index (χ0n) is 12.7. The van der Waals surface area contributed by atoms with Crippen LogP contribution in [0.1, 0.15) is 0 Å². The van der Waals surface area contributed by atoms with Crippen LogP contribution in [0.3, 0.4) is 0 Å². The van der Waals surface area contributed by atoms with E-state index in [1.807, 2.05) is 18.5 Å². The molecule has 6 heteroatoms. The highest BCUT2D eigenvalue weighted by molar-refractivity contribution is 5.85. The molecule has 1 fully saturated rings. The van der Waals surface area contributed by atoms with Gasteiger partial charge in [-0.1, -0.05) is 12.1 Å². The standard InChI is InChI=1S/C17H18N4.2ClH/c1-2-4-17-16(3-1)19-13-21(17)15-7-5-14(6-8-15)20-11-9-18-10-12-20;;/h1-8,13,18H,9-12H2;2*1H. The number of nitrogens with one attached hydrogen (secondary N) is 1.